The molecule has 0 saturated carbocycles. The van der Waals surface area contributed by atoms with Gasteiger partial charge in [-0.3, -0.25) is 4.79 Å². The second-order valence-corrected chi connectivity index (χ2v) is 6.36. The molecule has 0 radical (unpaired) electrons. The summed E-state index contributed by atoms with van der Waals surface area (Å²) < 4.78 is -0.0221. The van der Waals surface area contributed by atoms with Crippen LogP contribution in [0.3, 0.4) is 0 Å². The first kappa shape index (κ1) is 13.2. The Balaban J connectivity index is 3.17. The lowest BCUT2D eigenvalue weighted by Gasteiger charge is -2.49. The highest BCUT2D eigenvalue weighted by molar-refractivity contribution is 5.85. The van der Waals surface area contributed by atoms with E-state index in [0.29, 0.717) is 19.5 Å². The molecule has 1 aliphatic rings. The minimum absolute atomic E-state index is 0.0221. The van der Waals surface area contributed by atoms with Gasteiger partial charge in [0.2, 0.25) is 0 Å². The van der Waals surface area contributed by atoms with Crippen LogP contribution in [0.5, 0.6) is 0 Å². The number of likely N-dealkylation sites (tertiary alicyclic amines) is 1. The SMILES string of the molecule is CC1(C)C[N+](C(=O)O)(C(C)(C)C)CCC1=O. The van der Waals surface area contributed by atoms with Crippen molar-refractivity contribution in [2.24, 2.45) is 5.41 Å². The maximum Gasteiger partial charge on any atom is 0.514 e. The summed E-state index contributed by atoms with van der Waals surface area (Å²) in [5, 5.41) is 9.50. The molecule has 1 aliphatic heterocycles. The molecule has 0 aromatic heterocycles. The van der Waals surface area contributed by atoms with Crippen LogP contribution in [0.15, 0.2) is 0 Å². The molecule has 0 bridgehead atoms. The van der Waals surface area contributed by atoms with E-state index in [1.807, 2.05) is 34.6 Å². The summed E-state index contributed by atoms with van der Waals surface area (Å²) in [6, 6.07) is 0. The number of carbonyl (C=O) groups is 2. The molecule has 4 heteroatoms. The van der Waals surface area contributed by atoms with Gasteiger partial charge in [-0.1, -0.05) is 0 Å². The fraction of sp³-hybridized carbons (Fsp3) is 0.833. The molecule has 1 atom stereocenters. The van der Waals surface area contributed by atoms with Crippen LogP contribution in [0.4, 0.5) is 4.79 Å². The van der Waals surface area contributed by atoms with E-state index in [-0.39, 0.29) is 15.8 Å². The average Bonchev–Trinajstić information content (AvgIpc) is 2.07. The quantitative estimate of drug-likeness (QED) is 0.647. The molecule has 0 aromatic carbocycles. The van der Waals surface area contributed by atoms with E-state index in [4.69, 9.17) is 0 Å². The maximum absolute atomic E-state index is 11.8. The Hall–Kier alpha value is -0.900. The standard InChI is InChI=1S/C12H21NO3/c1-11(2,3)13(10(15)16)7-6-9(14)12(4,5)8-13/h6-8H2,1-5H3/p+1. The van der Waals surface area contributed by atoms with E-state index in [2.05, 4.69) is 0 Å². The predicted molar refractivity (Wildman–Crippen MR) is 61.2 cm³/mol. The number of carboxylic acid groups (broad SMARTS) is 1. The normalized spacial score (nSPS) is 30.2. The zero-order valence-corrected chi connectivity index (χ0v) is 10.8. The molecule has 1 heterocycles. The molecule has 1 saturated heterocycles. The van der Waals surface area contributed by atoms with E-state index in [0.717, 1.165) is 0 Å². The number of amides is 1. The number of ketones is 1. The summed E-state index contributed by atoms with van der Waals surface area (Å²) >= 11 is 0. The third-order valence-corrected chi connectivity index (χ3v) is 3.79. The van der Waals surface area contributed by atoms with Crippen LogP contribution < -0.4 is 0 Å². The molecule has 1 rings (SSSR count). The Kier molecular flexibility index (Phi) is 2.92. The van der Waals surface area contributed by atoms with Crippen LogP contribution in [0.1, 0.15) is 41.0 Å². The zero-order valence-electron chi connectivity index (χ0n) is 10.8. The van der Waals surface area contributed by atoms with Crippen molar-refractivity contribution >= 4 is 11.9 Å². The highest BCUT2D eigenvalue weighted by atomic mass is 16.4. The lowest BCUT2D eigenvalue weighted by atomic mass is 9.79. The van der Waals surface area contributed by atoms with Gasteiger partial charge in [-0.05, 0) is 34.6 Å². The number of Topliss-reactive ketones (excluding diaryl/α,β-unsaturated/α-hetero) is 1. The zero-order chi connectivity index (χ0) is 12.8. The van der Waals surface area contributed by atoms with Crippen LogP contribution in [-0.2, 0) is 4.79 Å². The van der Waals surface area contributed by atoms with Gasteiger partial charge in [0.25, 0.3) is 0 Å². The van der Waals surface area contributed by atoms with Crippen LogP contribution in [0, 0.1) is 5.41 Å². The second-order valence-electron chi connectivity index (χ2n) is 6.36. The van der Waals surface area contributed by atoms with Gasteiger partial charge >= 0.3 is 6.09 Å². The fourth-order valence-corrected chi connectivity index (χ4v) is 2.50. The first-order chi connectivity index (χ1) is 7.03. The molecule has 1 amide bonds. The van der Waals surface area contributed by atoms with Crippen molar-refractivity contribution in [2.75, 3.05) is 13.1 Å². The number of rotatable bonds is 0. The third kappa shape index (κ3) is 1.86. The summed E-state index contributed by atoms with van der Waals surface area (Å²) in [5.41, 5.74) is -0.923. The highest BCUT2D eigenvalue weighted by Gasteiger charge is 2.55. The van der Waals surface area contributed by atoms with E-state index in [1.54, 1.807) is 0 Å². The van der Waals surface area contributed by atoms with Crippen molar-refractivity contribution in [2.45, 2.75) is 46.6 Å². The number of piperidine rings is 1. The molecular weight excluding hydrogens is 206 g/mol. The summed E-state index contributed by atoms with van der Waals surface area (Å²) in [6.07, 6.45) is -0.468. The highest BCUT2D eigenvalue weighted by Crippen LogP contribution is 2.37. The van der Waals surface area contributed by atoms with Crippen LogP contribution >= 0.6 is 0 Å². The van der Waals surface area contributed by atoms with Gasteiger partial charge in [-0.15, -0.1) is 0 Å². The van der Waals surface area contributed by atoms with Crippen LogP contribution in [0.2, 0.25) is 0 Å². The largest absolute Gasteiger partial charge is 0.514 e. The molecule has 4 nitrogen and oxygen atoms in total. The Bertz CT molecular complexity index is 328. The van der Waals surface area contributed by atoms with Crippen molar-refractivity contribution in [3.05, 3.63) is 0 Å². The number of quaternary nitrogens is 1. The first-order valence-electron chi connectivity index (χ1n) is 5.67. The Morgan fingerprint density at radius 1 is 1.38 bits per heavy atom. The molecule has 16 heavy (non-hydrogen) atoms. The van der Waals surface area contributed by atoms with Gasteiger partial charge in [0.15, 0.2) is 0 Å². The van der Waals surface area contributed by atoms with Crippen molar-refractivity contribution in [3.8, 4) is 0 Å². The Morgan fingerprint density at radius 3 is 2.19 bits per heavy atom. The van der Waals surface area contributed by atoms with Crippen molar-refractivity contribution < 1.29 is 19.2 Å². The molecule has 1 fully saturated rings. The number of hydrogen-bond acceptors (Lipinski definition) is 2. The number of nitrogens with zero attached hydrogens (tertiary/aromatic N) is 1. The monoisotopic (exact) mass is 228 g/mol. The lowest BCUT2D eigenvalue weighted by Crippen LogP contribution is -2.69. The summed E-state index contributed by atoms with van der Waals surface area (Å²) in [6.45, 7) is 10.2. The molecule has 0 aliphatic carbocycles. The predicted octanol–water partition coefficient (Wildman–Crippen LogP) is 2.28. The number of hydrogen-bond donors (Lipinski definition) is 1. The second kappa shape index (κ2) is 3.55. The van der Waals surface area contributed by atoms with E-state index >= 15 is 0 Å². The van der Waals surface area contributed by atoms with Crippen molar-refractivity contribution in [1.82, 2.24) is 0 Å². The van der Waals surface area contributed by atoms with Crippen LogP contribution in [0.25, 0.3) is 0 Å². The average molecular weight is 228 g/mol. The Labute approximate surface area is 96.8 Å². The van der Waals surface area contributed by atoms with Gasteiger partial charge in [-0.2, -0.15) is 4.79 Å². The smallest absolute Gasteiger partial charge is 0.435 e. The molecule has 92 valence electrons. The van der Waals surface area contributed by atoms with Gasteiger partial charge in [0.1, 0.15) is 17.9 Å². The van der Waals surface area contributed by atoms with E-state index in [1.165, 1.54) is 0 Å². The fourth-order valence-electron chi connectivity index (χ4n) is 2.50. The van der Waals surface area contributed by atoms with Crippen LogP contribution in [-0.4, -0.2) is 40.1 Å². The summed E-state index contributed by atoms with van der Waals surface area (Å²) in [7, 11) is 0. The first-order valence-corrected chi connectivity index (χ1v) is 5.67. The molecule has 1 N–H and O–H groups in total. The molecular formula is C12H22NO3+. The third-order valence-electron chi connectivity index (χ3n) is 3.79. The molecule has 0 aromatic rings. The minimum atomic E-state index is -0.826. The van der Waals surface area contributed by atoms with Crippen molar-refractivity contribution in [3.63, 3.8) is 0 Å². The van der Waals surface area contributed by atoms with Crippen molar-refractivity contribution in [1.29, 1.82) is 0 Å². The van der Waals surface area contributed by atoms with Gasteiger partial charge in [0, 0.05) is 0 Å². The summed E-state index contributed by atoms with van der Waals surface area (Å²) in [5.74, 6) is 0.173. The van der Waals surface area contributed by atoms with Gasteiger partial charge < -0.3 is 5.11 Å². The lowest BCUT2D eigenvalue weighted by molar-refractivity contribution is -0.910. The molecule has 1 unspecified atom stereocenters. The topological polar surface area (TPSA) is 54.4 Å². The van der Waals surface area contributed by atoms with E-state index in [9.17, 15) is 14.7 Å². The minimum Gasteiger partial charge on any atom is -0.435 e. The number of carbonyl (C=O) groups excluding carboxylic acids is 1. The molecule has 0 spiro atoms. The van der Waals surface area contributed by atoms with E-state index < -0.39 is 11.5 Å². The Morgan fingerprint density at radius 2 is 1.88 bits per heavy atom. The van der Waals surface area contributed by atoms with Gasteiger partial charge in [-0.25, -0.2) is 4.48 Å². The maximum atomic E-state index is 11.8. The summed E-state index contributed by atoms with van der Waals surface area (Å²) in [4.78, 5) is 23.3. The van der Waals surface area contributed by atoms with Gasteiger partial charge in [0.05, 0.1) is 18.4 Å².